The largest absolute Gasteiger partial charge is 0.395 e. The van der Waals surface area contributed by atoms with Crippen molar-refractivity contribution < 1.29 is 23.1 Å². The molecule has 2 aromatic rings. The Morgan fingerprint density at radius 3 is 2.52 bits per heavy atom. The van der Waals surface area contributed by atoms with Crippen LogP contribution in [0.4, 0.5) is 0 Å². The Labute approximate surface area is 197 Å². The number of halogens is 1. The van der Waals surface area contributed by atoms with Crippen molar-refractivity contribution >= 4 is 33.3 Å². The molecule has 2 N–H and O–H groups in total. The second kappa shape index (κ2) is 8.41. The van der Waals surface area contributed by atoms with Crippen LogP contribution >= 0.6 is 11.6 Å². The smallest absolute Gasteiger partial charge is 0.287 e. The summed E-state index contributed by atoms with van der Waals surface area (Å²) in [5.41, 5.74) is 1.13. The number of aromatic nitrogens is 2. The van der Waals surface area contributed by atoms with E-state index in [1.54, 1.807) is 16.7 Å². The lowest BCUT2D eigenvalue weighted by atomic mass is 10.2. The Bertz CT molecular complexity index is 1190. The molecule has 0 radical (unpaired) electrons. The van der Waals surface area contributed by atoms with E-state index in [1.165, 1.54) is 24.9 Å². The Morgan fingerprint density at radius 1 is 1.24 bits per heavy atom. The first-order valence-corrected chi connectivity index (χ1v) is 12.6. The number of amides is 2. The standard InChI is InChI=1S/C22H27ClN4O5S/c1-21(2,14-28)33(31,32)22(7-8-22)13-26-9-10-27-17(20(26)30)12-24-18(27)19(29)25-11-15-3-5-16(23)6-4-15/h3-6,12,28H,7-11,13-14H2,1-2H3,(H,25,29). The fourth-order valence-electron chi connectivity index (χ4n) is 4.12. The number of aliphatic hydroxyl groups is 1. The van der Waals surface area contributed by atoms with Crippen molar-refractivity contribution in [2.24, 2.45) is 0 Å². The molecule has 11 heteroatoms. The Kier molecular flexibility index (Phi) is 6.05. The highest BCUT2D eigenvalue weighted by atomic mass is 35.5. The van der Waals surface area contributed by atoms with Crippen molar-refractivity contribution in [1.82, 2.24) is 19.8 Å². The minimum absolute atomic E-state index is 0.0703. The average Bonchev–Trinajstić information content (AvgIpc) is 3.45. The van der Waals surface area contributed by atoms with E-state index < -0.39 is 31.8 Å². The van der Waals surface area contributed by atoms with Gasteiger partial charge in [0.2, 0.25) is 0 Å². The molecule has 0 spiro atoms. The fourth-order valence-corrected chi connectivity index (χ4v) is 6.56. The first-order chi connectivity index (χ1) is 15.5. The Balaban J connectivity index is 1.46. The van der Waals surface area contributed by atoms with Gasteiger partial charge in [-0.05, 0) is 44.4 Å². The van der Waals surface area contributed by atoms with Crippen molar-refractivity contribution in [2.45, 2.75) is 49.3 Å². The van der Waals surface area contributed by atoms with Crippen LogP contribution in [0.3, 0.4) is 0 Å². The lowest BCUT2D eigenvalue weighted by Gasteiger charge is -2.35. The zero-order chi connectivity index (χ0) is 24.0. The topological polar surface area (TPSA) is 122 Å². The molecular weight excluding hydrogens is 468 g/mol. The van der Waals surface area contributed by atoms with Gasteiger partial charge in [-0.1, -0.05) is 23.7 Å². The quantitative estimate of drug-likeness (QED) is 0.575. The molecule has 2 aliphatic rings. The van der Waals surface area contributed by atoms with Crippen molar-refractivity contribution in [3.05, 3.63) is 52.6 Å². The molecule has 33 heavy (non-hydrogen) atoms. The van der Waals surface area contributed by atoms with Crippen molar-refractivity contribution in [2.75, 3.05) is 19.7 Å². The molecule has 1 aliphatic heterocycles. The van der Waals surface area contributed by atoms with Crippen LogP contribution in [0.15, 0.2) is 30.5 Å². The highest BCUT2D eigenvalue weighted by molar-refractivity contribution is 7.94. The SMILES string of the molecule is CC(C)(CO)S(=O)(=O)C1(CN2CCn3c(cnc3C(=O)NCc3ccc(Cl)cc3)C2=O)CC1. The van der Waals surface area contributed by atoms with E-state index in [-0.39, 0.29) is 30.5 Å². The van der Waals surface area contributed by atoms with Gasteiger partial charge in [0.1, 0.15) is 5.69 Å². The summed E-state index contributed by atoms with van der Waals surface area (Å²) in [7, 11) is -3.66. The third kappa shape index (κ3) is 4.15. The average molecular weight is 495 g/mol. The van der Waals surface area contributed by atoms with E-state index in [0.717, 1.165) is 5.56 Å². The predicted molar refractivity (Wildman–Crippen MR) is 123 cm³/mol. The zero-order valence-corrected chi connectivity index (χ0v) is 20.1. The molecular formula is C22H27ClN4O5S. The van der Waals surface area contributed by atoms with Gasteiger partial charge in [0, 0.05) is 31.2 Å². The lowest BCUT2D eigenvalue weighted by Crippen LogP contribution is -2.52. The van der Waals surface area contributed by atoms with Crippen molar-refractivity contribution in [3.63, 3.8) is 0 Å². The van der Waals surface area contributed by atoms with Gasteiger partial charge in [-0.25, -0.2) is 13.4 Å². The van der Waals surface area contributed by atoms with Gasteiger partial charge in [0.15, 0.2) is 15.7 Å². The van der Waals surface area contributed by atoms with Crippen LogP contribution in [0, 0.1) is 0 Å². The van der Waals surface area contributed by atoms with E-state index in [9.17, 15) is 23.1 Å². The molecule has 9 nitrogen and oxygen atoms in total. The second-order valence-electron chi connectivity index (χ2n) is 9.26. The number of nitrogens with one attached hydrogen (secondary N) is 1. The number of benzene rings is 1. The van der Waals surface area contributed by atoms with E-state index in [1.807, 2.05) is 12.1 Å². The monoisotopic (exact) mass is 494 g/mol. The van der Waals surface area contributed by atoms with Crippen LogP contribution in [0.1, 0.15) is 53.4 Å². The number of hydrogen-bond acceptors (Lipinski definition) is 6. The molecule has 4 rings (SSSR count). The molecule has 1 fully saturated rings. The van der Waals surface area contributed by atoms with Crippen LogP contribution in [0.2, 0.25) is 5.02 Å². The minimum atomic E-state index is -3.66. The van der Waals surface area contributed by atoms with Gasteiger partial charge >= 0.3 is 0 Å². The van der Waals surface area contributed by atoms with Crippen LogP contribution in [0.25, 0.3) is 0 Å². The first-order valence-electron chi connectivity index (χ1n) is 10.7. The van der Waals surface area contributed by atoms with Gasteiger partial charge in [-0.15, -0.1) is 0 Å². The van der Waals surface area contributed by atoms with E-state index in [0.29, 0.717) is 31.0 Å². The summed E-state index contributed by atoms with van der Waals surface area (Å²) in [6.45, 7) is 3.50. The van der Waals surface area contributed by atoms with Crippen molar-refractivity contribution in [3.8, 4) is 0 Å². The molecule has 178 valence electrons. The number of imidazole rings is 1. The molecule has 0 bridgehead atoms. The summed E-state index contributed by atoms with van der Waals surface area (Å²) < 4.78 is 25.5. The summed E-state index contributed by atoms with van der Waals surface area (Å²) in [5.74, 6) is -0.612. The first kappa shape index (κ1) is 23.7. The van der Waals surface area contributed by atoms with Crippen LogP contribution in [-0.2, 0) is 22.9 Å². The number of aliphatic hydroxyl groups excluding tert-OH is 1. The van der Waals surface area contributed by atoms with Gasteiger partial charge in [0.25, 0.3) is 11.8 Å². The van der Waals surface area contributed by atoms with Gasteiger partial charge in [-0.2, -0.15) is 0 Å². The highest BCUT2D eigenvalue weighted by Crippen LogP contribution is 2.49. The highest BCUT2D eigenvalue weighted by Gasteiger charge is 2.60. The molecule has 0 saturated heterocycles. The molecule has 1 aliphatic carbocycles. The van der Waals surface area contributed by atoms with E-state index in [4.69, 9.17) is 11.6 Å². The van der Waals surface area contributed by atoms with E-state index >= 15 is 0 Å². The number of fused-ring (bicyclic) bond motifs is 1. The maximum absolute atomic E-state index is 13.1. The second-order valence-corrected chi connectivity index (χ2v) is 12.7. The minimum Gasteiger partial charge on any atom is -0.395 e. The van der Waals surface area contributed by atoms with Gasteiger partial charge in [-0.3, -0.25) is 9.59 Å². The number of rotatable bonds is 8. The van der Waals surface area contributed by atoms with Gasteiger partial charge < -0.3 is 19.9 Å². The third-order valence-corrected chi connectivity index (χ3v) is 10.0. The van der Waals surface area contributed by atoms with Crippen LogP contribution in [-0.4, -0.2) is 69.0 Å². The summed E-state index contributed by atoms with van der Waals surface area (Å²) in [6.07, 6.45) is 2.28. The molecule has 2 heterocycles. The molecule has 2 amide bonds. The number of carbonyl (C=O) groups excluding carboxylic acids is 2. The number of nitrogens with zero attached hydrogens (tertiary/aromatic N) is 3. The summed E-state index contributed by atoms with van der Waals surface area (Å²) in [4.78, 5) is 31.4. The third-order valence-electron chi connectivity index (χ3n) is 6.49. The summed E-state index contributed by atoms with van der Waals surface area (Å²) in [6, 6.07) is 7.10. The number of hydrogen-bond donors (Lipinski definition) is 2. The van der Waals surface area contributed by atoms with Crippen LogP contribution < -0.4 is 5.32 Å². The number of carbonyl (C=O) groups is 2. The Morgan fingerprint density at radius 2 is 1.91 bits per heavy atom. The van der Waals surface area contributed by atoms with Gasteiger partial charge in [0.05, 0.1) is 22.3 Å². The molecule has 0 unspecified atom stereocenters. The zero-order valence-electron chi connectivity index (χ0n) is 18.5. The molecule has 0 atom stereocenters. The summed E-state index contributed by atoms with van der Waals surface area (Å²) in [5, 5.41) is 13.0. The molecule has 1 aromatic heterocycles. The maximum Gasteiger partial charge on any atom is 0.287 e. The molecule has 1 saturated carbocycles. The van der Waals surface area contributed by atoms with Crippen molar-refractivity contribution in [1.29, 1.82) is 0 Å². The Hall–Kier alpha value is -2.43. The summed E-state index contributed by atoms with van der Waals surface area (Å²) >= 11 is 5.88. The van der Waals surface area contributed by atoms with E-state index in [2.05, 4.69) is 10.3 Å². The normalized spacial score (nSPS) is 17.6. The molecule has 1 aromatic carbocycles. The number of sulfone groups is 1. The predicted octanol–water partition coefficient (Wildman–Crippen LogP) is 1.64. The maximum atomic E-state index is 13.1. The lowest BCUT2D eigenvalue weighted by molar-refractivity contribution is 0.0697. The fraction of sp³-hybridized carbons (Fsp3) is 0.500. The van der Waals surface area contributed by atoms with Crippen LogP contribution in [0.5, 0.6) is 0 Å².